The number of likely N-dealkylation sites (N-methyl/N-ethyl adjacent to an activating group) is 1. The largest absolute Gasteiger partial charge is 0.633 e. The molecule has 4 unspecified atom stereocenters. The van der Waals surface area contributed by atoms with Crippen molar-refractivity contribution in [3.05, 3.63) is 5.21 Å². The summed E-state index contributed by atoms with van der Waals surface area (Å²) >= 11 is 0. The molecule has 0 amide bonds. The monoisotopic (exact) mass is 159 g/mol. The smallest absolute Gasteiger partial charge is 0.112 e. The van der Waals surface area contributed by atoms with Crippen molar-refractivity contribution in [3.63, 3.8) is 0 Å². The zero-order valence-electron chi connectivity index (χ0n) is 7.70. The van der Waals surface area contributed by atoms with Gasteiger partial charge in [-0.15, -0.1) is 0 Å². The first-order valence-electron chi connectivity index (χ1n) is 4.15. The van der Waals surface area contributed by atoms with E-state index in [0.717, 1.165) is 0 Å². The summed E-state index contributed by atoms with van der Waals surface area (Å²) in [6.07, 6.45) is 0.185. The van der Waals surface area contributed by atoms with Gasteiger partial charge in [-0.2, -0.15) is 0 Å². The molecule has 1 fully saturated rings. The van der Waals surface area contributed by atoms with Gasteiger partial charge in [0.05, 0.1) is 7.05 Å². The third-order valence-corrected chi connectivity index (χ3v) is 2.61. The number of ether oxygens (including phenoxy) is 1. The van der Waals surface area contributed by atoms with Gasteiger partial charge in [0.15, 0.2) is 0 Å². The molecule has 1 heterocycles. The number of hydrogen-bond donors (Lipinski definition) is 0. The maximum atomic E-state index is 11.7. The molecule has 0 radical (unpaired) electrons. The van der Waals surface area contributed by atoms with Crippen molar-refractivity contribution in [1.29, 1.82) is 0 Å². The predicted octanol–water partition coefficient (Wildman–Crippen LogP) is 1.13. The molecule has 0 N–H and O–H groups in total. The van der Waals surface area contributed by atoms with Gasteiger partial charge in [0.25, 0.3) is 0 Å². The lowest BCUT2D eigenvalue weighted by Crippen LogP contribution is -2.59. The van der Waals surface area contributed by atoms with Gasteiger partial charge in [-0.25, -0.2) is 0 Å². The van der Waals surface area contributed by atoms with Crippen LogP contribution >= 0.6 is 0 Å². The van der Waals surface area contributed by atoms with E-state index >= 15 is 0 Å². The van der Waals surface area contributed by atoms with Crippen LogP contribution in [0.3, 0.4) is 0 Å². The van der Waals surface area contributed by atoms with Crippen LogP contribution in [0.25, 0.3) is 0 Å². The molecule has 0 aromatic heterocycles. The van der Waals surface area contributed by atoms with Crippen LogP contribution in [0.2, 0.25) is 0 Å². The second-order valence-electron chi connectivity index (χ2n) is 3.75. The van der Waals surface area contributed by atoms with Gasteiger partial charge >= 0.3 is 0 Å². The van der Waals surface area contributed by atoms with Crippen LogP contribution in [-0.2, 0) is 4.74 Å². The van der Waals surface area contributed by atoms with Crippen LogP contribution < -0.4 is 0 Å². The molecule has 1 aliphatic rings. The number of nitrogens with zero attached hydrogens (tertiary/aromatic N) is 1. The van der Waals surface area contributed by atoms with Gasteiger partial charge in [0, 0.05) is 0 Å². The average Bonchev–Trinajstić information content (AvgIpc) is 1.81. The van der Waals surface area contributed by atoms with E-state index in [2.05, 4.69) is 0 Å². The molecule has 4 atom stereocenters. The van der Waals surface area contributed by atoms with Crippen LogP contribution in [0.15, 0.2) is 0 Å². The van der Waals surface area contributed by atoms with Gasteiger partial charge in [0.1, 0.15) is 24.8 Å². The van der Waals surface area contributed by atoms with Gasteiger partial charge < -0.3 is 14.6 Å². The highest BCUT2D eigenvalue weighted by Crippen LogP contribution is 2.22. The highest BCUT2D eigenvalue weighted by molar-refractivity contribution is 4.70. The summed E-state index contributed by atoms with van der Waals surface area (Å²) in [6.45, 7) is 6.44. The van der Waals surface area contributed by atoms with Gasteiger partial charge in [-0.3, -0.25) is 0 Å². The minimum Gasteiger partial charge on any atom is -0.633 e. The summed E-state index contributed by atoms with van der Waals surface area (Å²) in [7, 11) is 1.72. The first-order valence-corrected chi connectivity index (χ1v) is 4.15. The summed E-state index contributed by atoms with van der Waals surface area (Å²) in [5.74, 6) is 0. The molecule has 0 saturated carbocycles. The SMILES string of the molecule is CC1C[N+](C)([O-])C(C)C(C)O1. The minimum atomic E-state index is -0.164. The Kier molecular flexibility index (Phi) is 2.23. The third kappa shape index (κ3) is 1.72. The van der Waals surface area contributed by atoms with E-state index in [1.54, 1.807) is 7.05 Å². The Balaban J connectivity index is 2.67. The van der Waals surface area contributed by atoms with Crippen LogP contribution in [0.4, 0.5) is 0 Å². The summed E-state index contributed by atoms with van der Waals surface area (Å²) in [5.41, 5.74) is 0. The van der Waals surface area contributed by atoms with E-state index in [1.165, 1.54) is 0 Å². The maximum Gasteiger partial charge on any atom is 0.112 e. The number of hydrogen-bond acceptors (Lipinski definition) is 2. The van der Waals surface area contributed by atoms with Crippen LogP contribution in [0, 0.1) is 5.21 Å². The Bertz CT molecular complexity index is 147. The molecular formula is C8H17NO2. The number of rotatable bonds is 0. The second kappa shape index (κ2) is 2.73. The topological polar surface area (TPSA) is 32.3 Å². The molecule has 1 aliphatic heterocycles. The molecule has 3 heteroatoms. The first-order chi connectivity index (χ1) is 4.93. The van der Waals surface area contributed by atoms with E-state index < -0.39 is 0 Å². The maximum absolute atomic E-state index is 11.7. The molecule has 66 valence electrons. The van der Waals surface area contributed by atoms with E-state index in [1.807, 2.05) is 20.8 Å². The minimum absolute atomic E-state index is 0.0613. The van der Waals surface area contributed by atoms with Crippen molar-refractivity contribution in [1.82, 2.24) is 0 Å². The Morgan fingerprint density at radius 1 is 1.36 bits per heavy atom. The Morgan fingerprint density at radius 3 is 2.36 bits per heavy atom. The molecule has 0 aromatic rings. The fourth-order valence-corrected chi connectivity index (χ4v) is 1.64. The van der Waals surface area contributed by atoms with E-state index in [4.69, 9.17) is 4.74 Å². The Hall–Kier alpha value is -0.120. The van der Waals surface area contributed by atoms with E-state index in [-0.39, 0.29) is 22.9 Å². The first kappa shape index (κ1) is 8.97. The lowest BCUT2D eigenvalue weighted by molar-refractivity contribution is -0.900. The molecule has 3 nitrogen and oxygen atoms in total. The quantitative estimate of drug-likeness (QED) is 0.392. The average molecular weight is 159 g/mol. The molecule has 0 spiro atoms. The van der Waals surface area contributed by atoms with Crippen molar-refractivity contribution < 1.29 is 9.38 Å². The molecule has 0 bridgehead atoms. The zero-order chi connectivity index (χ0) is 8.65. The highest BCUT2D eigenvalue weighted by atomic mass is 16.6. The van der Waals surface area contributed by atoms with E-state index in [0.29, 0.717) is 6.54 Å². The lowest BCUT2D eigenvalue weighted by Gasteiger charge is -2.51. The van der Waals surface area contributed by atoms with Crippen molar-refractivity contribution >= 4 is 0 Å². The number of morpholine rings is 1. The van der Waals surface area contributed by atoms with Gasteiger partial charge in [-0.1, -0.05) is 0 Å². The molecule has 0 aromatic carbocycles. The molecule has 1 rings (SSSR count). The van der Waals surface area contributed by atoms with Gasteiger partial charge in [0.2, 0.25) is 0 Å². The fourth-order valence-electron chi connectivity index (χ4n) is 1.64. The Morgan fingerprint density at radius 2 is 1.91 bits per heavy atom. The normalized spacial score (nSPS) is 52.6. The van der Waals surface area contributed by atoms with Crippen molar-refractivity contribution in [2.75, 3.05) is 13.6 Å². The van der Waals surface area contributed by atoms with Crippen molar-refractivity contribution in [2.24, 2.45) is 0 Å². The fraction of sp³-hybridized carbons (Fsp3) is 1.00. The van der Waals surface area contributed by atoms with Gasteiger partial charge in [-0.05, 0) is 20.8 Å². The molecule has 11 heavy (non-hydrogen) atoms. The van der Waals surface area contributed by atoms with Crippen molar-refractivity contribution in [3.8, 4) is 0 Å². The number of hydroxylamine groups is 3. The van der Waals surface area contributed by atoms with Crippen molar-refractivity contribution in [2.45, 2.75) is 39.0 Å². The van der Waals surface area contributed by atoms with Crippen LogP contribution in [0.5, 0.6) is 0 Å². The molecule has 1 saturated heterocycles. The van der Waals surface area contributed by atoms with Crippen LogP contribution in [0.1, 0.15) is 20.8 Å². The summed E-state index contributed by atoms with van der Waals surface area (Å²) in [4.78, 5) is 0. The number of quaternary nitrogens is 1. The molecular weight excluding hydrogens is 142 g/mol. The summed E-state index contributed by atoms with van der Waals surface area (Å²) in [5, 5.41) is 11.7. The summed E-state index contributed by atoms with van der Waals surface area (Å²) in [6, 6.07) is 0.0613. The highest BCUT2D eigenvalue weighted by Gasteiger charge is 2.34. The summed E-state index contributed by atoms with van der Waals surface area (Å²) < 4.78 is 5.35. The standard InChI is InChI=1S/C8H17NO2/c1-6-5-9(4,10)7(2)8(3)11-6/h6-8H,5H2,1-4H3. The predicted molar refractivity (Wildman–Crippen MR) is 43.9 cm³/mol. The van der Waals surface area contributed by atoms with Crippen LogP contribution in [-0.4, -0.2) is 36.5 Å². The second-order valence-corrected chi connectivity index (χ2v) is 3.75. The molecule has 0 aliphatic carbocycles. The Labute approximate surface area is 68.1 Å². The zero-order valence-corrected chi connectivity index (χ0v) is 7.70. The van der Waals surface area contributed by atoms with E-state index in [9.17, 15) is 5.21 Å². The lowest BCUT2D eigenvalue weighted by atomic mass is 10.1. The third-order valence-electron chi connectivity index (χ3n) is 2.61.